The molecule has 2 atom stereocenters. The van der Waals surface area contributed by atoms with Crippen LogP contribution in [0.1, 0.15) is 36.7 Å². The summed E-state index contributed by atoms with van der Waals surface area (Å²) in [5, 5.41) is 3.20. The largest absolute Gasteiger partial charge is 0.384 e. The van der Waals surface area contributed by atoms with Crippen LogP contribution in [0.3, 0.4) is 0 Å². The van der Waals surface area contributed by atoms with Gasteiger partial charge in [0, 0.05) is 31.7 Å². The number of anilines is 1. The molecule has 2 aliphatic heterocycles. The van der Waals surface area contributed by atoms with Gasteiger partial charge in [-0.2, -0.15) is 0 Å². The van der Waals surface area contributed by atoms with Crippen LogP contribution in [-0.2, 0) is 0 Å². The fourth-order valence-corrected chi connectivity index (χ4v) is 3.48. The van der Waals surface area contributed by atoms with Crippen LogP contribution in [0.15, 0.2) is 18.3 Å². The van der Waals surface area contributed by atoms with Crippen LogP contribution >= 0.6 is 0 Å². The van der Waals surface area contributed by atoms with E-state index in [2.05, 4.69) is 22.2 Å². The first-order chi connectivity index (χ1) is 10.2. The first kappa shape index (κ1) is 14.3. The highest BCUT2D eigenvalue weighted by atomic mass is 16.2. The lowest BCUT2D eigenvalue weighted by Crippen LogP contribution is -2.40. The van der Waals surface area contributed by atoms with Crippen molar-refractivity contribution in [3.8, 4) is 0 Å². The van der Waals surface area contributed by atoms with Gasteiger partial charge in [0.1, 0.15) is 5.69 Å². The highest BCUT2D eigenvalue weighted by Crippen LogP contribution is 2.28. The number of rotatable bonds is 3. The molecular weight excluding hydrogens is 264 g/mol. The average molecular weight is 288 g/mol. The van der Waals surface area contributed by atoms with Crippen LogP contribution in [0.5, 0.6) is 0 Å². The lowest BCUT2D eigenvalue weighted by Gasteiger charge is -2.25. The van der Waals surface area contributed by atoms with Gasteiger partial charge in [0.05, 0.1) is 11.9 Å². The number of aromatic nitrogens is 1. The van der Waals surface area contributed by atoms with Crippen molar-refractivity contribution in [3.05, 3.63) is 24.0 Å². The minimum Gasteiger partial charge on any atom is -0.384 e. The maximum Gasteiger partial charge on any atom is 0.272 e. The second kappa shape index (κ2) is 6.02. The number of nitrogens with zero attached hydrogens (tertiary/aromatic N) is 3. The molecule has 21 heavy (non-hydrogen) atoms. The van der Waals surface area contributed by atoms with Crippen LogP contribution < -0.4 is 5.32 Å². The Labute approximate surface area is 126 Å². The van der Waals surface area contributed by atoms with E-state index in [9.17, 15) is 4.79 Å². The predicted octanol–water partition coefficient (Wildman–Crippen LogP) is 1.82. The molecule has 114 valence electrons. The Kier molecular flexibility index (Phi) is 4.10. The van der Waals surface area contributed by atoms with Crippen LogP contribution in [0.4, 0.5) is 5.69 Å². The first-order valence-corrected chi connectivity index (χ1v) is 7.90. The highest BCUT2D eigenvalue weighted by Gasteiger charge is 2.36. The summed E-state index contributed by atoms with van der Waals surface area (Å²) < 4.78 is 0. The van der Waals surface area contributed by atoms with Gasteiger partial charge in [-0.05, 0) is 45.4 Å². The number of nitrogens with one attached hydrogen (secondary N) is 1. The topological polar surface area (TPSA) is 48.5 Å². The summed E-state index contributed by atoms with van der Waals surface area (Å²) >= 11 is 0. The lowest BCUT2D eigenvalue weighted by molar-refractivity contribution is 0.0734. The maximum atomic E-state index is 12.6. The highest BCUT2D eigenvalue weighted by molar-refractivity contribution is 5.92. The molecule has 5 heteroatoms. The standard InChI is InChI=1S/C16H24N4O/c1-3-17-12-4-7-15(18-10-12)16(21)20-9-8-13-5-6-14(11-20)19(13)2/h4,7,10,13-14,17H,3,5-6,8-9,11H2,1-2H3. The molecule has 2 saturated heterocycles. The molecule has 1 amide bonds. The van der Waals surface area contributed by atoms with Crippen molar-refractivity contribution in [1.82, 2.24) is 14.8 Å². The van der Waals surface area contributed by atoms with Gasteiger partial charge in [-0.15, -0.1) is 0 Å². The Bertz CT molecular complexity index is 502. The monoisotopic (exact) mass is 288 g/mol. The van der Waals surface area contributed by atoms with Gasteiger partial charge in [-0.1, -0.05) is 0 Å². The number of fused-ring (bicyclic) bond motifs is 2. The van der Waals surface area contributed by atoms with E-state index in [1.165, 1.54) is 12.8 Å². The van der Waals surface area contributed by atoms with Crippen molar-refractivity contribution >= 4 is 11.6 Å². The smallest absolute Gasteiger partial charge is 0.272 e. The van der Waals surface area contributed by atoms with Crippen molar-refractivity contribution in [2.24, 2.45) is 0 Å². The number of hydrogen-bond donors (Lipinski definition) is 1. The minimum atomic E-state index is 0.0685. The summed E-state index contributed by atoms with van der Waals surface area (Å²) in [5.41, 5.74) is 1.51. The van der Waals surface area contributed by atoms with E-state index in [1.54, 1.807) is 6.20 Å². The number of hydrogen-bond acceptors (Lipinski definition) is 4. The summed E-state index contributed by atoms with van der Waals surface area (Å²) in [4.78, 5) is 21.4. The molecule has 3 rings (SSSR count). The molecule has 0 saturated carbocycles. The molecule has 1 N–H and O–H groups in total. The van der Waals surface area contributed by atoms with Gasteiger partial charge < -0.3 is 10.2 Å². The number of pyridine rings is 1. The Morgan fingerprint density at radius 2 is 2.14 bits per heavy atom. The summed E-state index contributed by atoms with van der Waals surface area (Å²) in [6.45, 7) is 4.59. The third-order valence-electron chi connectivity index (χ3n) is 4.80. The Hall–Kier alpha value is -1.62. The number of carbonyl (C=O) groups excluding carboxylic acids is 1. The van der Waals surface area contributed by atoms with Crippen molar-refractivity contribution < 1.29 is 4.79 Å². The predicted molar refractivity (Wildman–Crippen MR) is 83.5 cm³/mol. The molecule has 2 aliphatic rings. The van der Waals surface area contributed by atoms with E-state index in [1.807, 2.05) is 24.0 Å². The zero-order valence-corrected chi connectivity index (χ0v) is 12.9. The fourth-order valence-electron chi connectivity index (χ4n) is 3.48. The Balaban J connectivity index is 1.70. The molecule has 1 aromatic rings. The fraction of sp³-hybridized carbons (Fsp3) is 0.625. The number of likely N-dealkylation sites (N-methyl/N-ethyl adjacent to an activating group) is 1. The summed E-state index contributed by atoms with van der Waals surface area (Å²) in [7, 11) is 2.19. The Morgan fingerprint density at radius 1 is 1.33 bits per heavy atom. The van der Waals surface area contributed by atoms with Crippen molar-refractivity contribution in [2.75, 3.05) is 32.0 Å². The molecule has 0 aromatic carbocycles. The third kappa shape index (κ3) is 2.88. The van der Waals surface area contributed by atoms with Crippen LogP contribution in [0.25, 0.3) is 0 Å². The van der Waals surface area contributed by atoms with Crippen molar-refractivity contribution in [3.63, 3.8) is 0 Å². The van der Waals surface area contributed by atoms with E-state index in [0.717, 1.165) is 31.7 Å². The second-order valence-electron chi connectivity index (χ2n) is 6.05. The molecule has 5 nitrogen and oxygen atoms in total. The molecule has 0 spiro atoms. The van der Waals surface area contributed by atoms with Crippen LogP contribution in [0.2, 0.25) is 0 Å². The molecule has 0 aliphatic carbocycles. The van der Waals surface area contributed by atoms with E-state index < -0.39 is 0 Å². The zero-order chi connectivity index (χ0) is 14.8. The summed E-state index contributed by atoms with van der Waals surface area (Å²) in [6.07, 6.45) is 5.30. The maximum absolute atomic E-state index is 12.6. The molecule has 1 aromatic heterocycles. The number of carbonyl (C=O) groups is 1. The SMILES string of the molecule is CCNc1ccc(C(=O)N2CCC3CCC(C2)N3C)nc1. The molecule has 0 radical (unpaired) electrons. The molecule has 2 bridgehead atoms. The lowest BCUT2D eigenvalue weighted by atomic mass is 10.1. The van der Waals surface area contributed by atoms with Crippen LogP contribution in [0, 0.1) is 0 Å². The van der Waals surface area contributed by atoms with E-state index in [-0.39, 0.29) is 5.91 Å². The van der Waals surface area contributed by atoms with Gasteiger partial charge in [-0.3, -0.25) is 9.69 Å². The van der Waals surface area contributed by atoms with Gasteiger partial charge in [-0.25, -0.2) is 4.98 Å². The average Bonchev–Trinajstić information content (AvgIpc) is 2.73. The van der Waals surface area contributed by atoms with Crippen molar-refractivity contribution in [1.29, 1.82) is 0 Å². The van der Waals surface area contributed by atoms with E-state index >= 15 is 0 Å². The van der Waals surface area contributed by atoms with E-state index in [0.29, 0.717) is 17.8 Å². The van der Waals surface area contributed by atoms with Gasteiger partial charge in [0.2, 0.25) is 0 Å². The second-order valence-corrected chi connectivity index (χ2v) is 6.05. The van der Waals surface area contributed by atoms with Gasteiger partial charge in [0.15, 0.2) is 0 Å². The molecule has 3 heterocycles. The van der Waals surface area contributed by atoms with Gasteiger partial charge in [0.25, 0.3) is 5.91 Å². The molecular formula is C16H24N4O. The zero-order valence-electron chi connectivity index (χ0n) is 12.9. The minimum absolute atomic E-state index is 0.0685. The number of amides is 1. The summed E-state index contributed by atoms with van der Waals surface area (Å²) in [5.74, 6) is 0.0685. The third-order valence-corrected chi connectivity index (χ3v) is 4.80. The molecule has 2 unspecified atom stereocenters. The number of likely N-dealkylation sites (tertiary alicyclic amines) is 1. The van der Waals surface area contributed by atoms with Gasteiger partial charge >= 0.3 is 0 Å². The van der Waals surface area contributed by atoms with Crippen molar-refractivity contribution in [2.45, 2.75) is 38.3 Å². The van der Waals surface area contributed by atoms with E-state index in [4.69, 9.17) is 0 Å². The first-order valence-electron chi connectivity index (χ1n) is 7.90. The molecule has 2 fully saturated rings. The quantitative estimate of drug-likeness (QED) is 0.922. The van der Waals surface area contributed by atoms with Crippen LogP contribution in [-0.4, -0.2) is 59.5 Å². The Morgan fingerprint density at radius 3 is 2.86 bits per heavy atom. The normalized spacial score (nSPS) is 25.7. The summed E-state index contributed by atoms with van der Waals surface area (Å²) in [6, 6.07) is 4.92.